The number of likely N-dealkylation sites (tertiary alicyclic amines) is 2. The molecule has 1 aliphatic carbocycles. The van der Waals surface area contributed by atoms with Gasteiger partial charge in [-0.1, -0.05) is 23.7 Å². The molecule has 7 nitrogen and oxygen atoms in total. The Labute approximate surface area is 180 Å². The second-order valence-corrected chi connectivity index (χ2v) is 9.42. The maximum absolute atomic E-state index is 13.0. The van der Waals surface area contributed by atoms with Crippen molar-refractivity contribution in [2.24, 2.45) is 11.8 Å². The zero-order valence-corrected chi connectivity index (χ0v) is 17.9. The molecule has 0 unspecified atom stereocenters. The molecule has 2 aliphatic heterocycles. The number of nitrogens with zero attached hydrogens (tertiary/aromatic N) is 4. The van der Waals surface area contributed by atoms with Gasteiger partial charge in [-0.3, -0.25) is 14.7 Å². The second-order valence-electron chi connectivity index (χ2n) is 8.98. The number of nitrogens with one attached hydrogen (secondary N) is 1. The molecule has 1 aromatic heterocycles. The number of rotatable bonds is 4. The van der Waals surface area contributed by atoms with Crippen molar-refractivity contribution in [1.82, 2.24) is 25.0 Å². The molecule has 3 aliphatic rings. The summed E-state index contributed by atoms with van der Waals surface area (Å²) in [5.74, 6) is 2.29. The minimum Gasteiger partial charge on any atom is -0.342 e. The zero-order valence-electron chi connectivity index (χ0n) is 17.1. The van der Waals surface area contributed by atoms with Crippen LogP contribution >= 0.6 is 11.6 Å². The third kappa shape index (κ3) is 3.49. The van der Waals surface area contributed by atoms with Crippen molar-refractivity contribution < 1.29 is 9.59 Å². The molecule has 2 atom stereocenters. The summed E-state index contributed by atoms with van der Waals surface area (Å²) in [7, 11) is 0. The normalized spacial score (nSPS) is 26.0. The van der Waals surface area contributed by atoms with Crippen LogP contribution in [0.1, 0.15) is 36.5 Å². The summed E-state index contributed by atoms with van der Waals surface area (Å²) in [4.78, 5) is 34.4. The number of hydrogen-bond acceptors (Lipinski definition) is 4. The molecular weight excluding hydrogens is 402 g/mol. The standard InChI is InChI=1S/C22H26ClN5O2/c1-14-24-21(26-25-14)22-8-9-27(19(29)10-15-2-6-18(23)7-3-15)11-17(22)12-28(13-22)20(30)16-4-5-16/h2-3,6-7,16-17H,4-5,8-13H2,1H3,(H,24,25,26)/t17-,22-/m1/s1. The van der Waals surface area contributed by atoms with Gasteiger partial charge in [0.1, 0.15) is 5.82 Å². The van der Waals surface area contributed by atoms with Crippen LogP contribution in [0.4, 0.5) is 0 Å². The van der Waals surface area contributed by atoms with Gasteiger partial charge in [-0.25, -0.2) is 4.98 Å². The lowest BCUT2D eigenvalue weighted by Crippen LogP contribution is -2.52. The Morgan fingerprint density at radius 1 is 1.20 bits per heavy atom. The summed E-state index contributed by atoms with van der Waals surface area (Å²) in [6, 6.07) is 7.43. The van der Waals surface area contributed by atoms with E-state index in [9.17, 15) is 9.59 Å². The summed E-state index contributed by atoms with van der Waals surface area (Å²) in [6.07, 6.45) is 3.13. The highest BCUT2D eigenvalue weighted by Crippen LogP contribution is 2.45. The molecule has 1 aromatic carbocycles. The monoisotopic (exact) mass is 427 g/mol. The van der Waals surface area contributed by atoms with E-state index in [0.29, 0.717) is 37.6 Å². The van der Waals surface area contributed by atoms with E-state index in [4.69, 9.17) is 11.6 Å². The van der Waals surface area contributed by atoms with Gasteiger partial charge < -0.3 is 9.80 Å². The molecule has 2 amide bonds. The maximum Gasteiger partial charge on any atom is 0.227 e. The van der Waals surface area contributed by atoms with Crippen LogP contribution in [0.25, 0.3) is 0 Å². The molecule has 0 spiro atoms. The summed E-state index contributed by atoms with van der Waals surface area (Å²) in [5.41, 5.74) is 0.689. The summed E-state index contributed by atoms with van der Waals surface area (Å²) >= 11 is 5.96. The number of amides is 2. The lowest BCUT2D eigenvalue weighted by atomic mass is 9.71. The molecule has 1 N–H and O–H groups in total. The van der Waals surface area contributed by atoms with E-state index >= 15 is 0 Å². The van der Waals surface area contributed by atoms with Crippen molar-refractivity contribution in [2.45, 2.75) is 38.0 Å². The van der Waals surface area contributed by atoms with E-state index in [2.05, 4.69) is 15.2 Å². The number of fused-ring (bicyclic) bond motifs is 1. The number of hydrogen-bond donors (Lipinski definition) is 1. The highest BCUT2D eigenvalue weighted by Gasteiger charge is 2.55. The Morgan fingerprint density at radius 3 is 2.60 bits per heavy atom. The molecule has 2 saturated heterocycles. The van der Waals surface area contributed by atoms with Gasteiger partial charge in [-0.15, -0.1) is 0 Å². The van der Waals surface area contributed by atoms with Crippen molar-refractivity contribution in [3.05, 3.63) is 46.5 Å². The first-order chi connectivity index (χ1) is 14.4. The third-order valence-electron chi connectivity index (χ3n) is 6.87. The van der Waals surface area contributed by atoms with E-state index in [1.54, 1.807) is 0 Å². The Hall–Kier alpha value is -2.41. The molecular formula is C22H26ClN5O2. The van der Waals surface area contributed by atoms with Crippen molar-refractivity contribution in [3.63, 3.8) is 0 Å². The molecule has 0 bridgehead atoms. The molecule has 3 heterocycles. The Balaban J connectivity index is 1.35. The van der Waals surface area contributed by atoms with E-state index in [1.165, 1.54) is 0 Å². The minimum atomic E-state index is -0.271. The molecule has 0 radical (unpaired) electrons. The number of carbonyl (C=O) groups excluding carboxylic acids is 2. The minimum absolute atomic E-state index is 0.115. The predicted molar refractivity (Wildman–Crippen MR) is 112 cm³/mol. The topological polar surface area (TPSA) is 82.2 Å². The van der Waals surface area contributed by atoms with Gasteiger partial charge in [0.05, 0.1) is 11.8 Å². The number of carbonyl (C=O) groups is 2. The van der Waals surface area contributed by atoms with Gasteiger partial charge in [0.25, 0.3) is 0 Å². The van der Waals surface area contributed by atoms with E-state index < -0.39 is 0 Å². The van der Waals surface area contributed by atoms with Crippen LogP contribution in [0.5, 0.6) is 0 Å². The third-order valence-corrected chi connectivity index (χ3v) is 7.12. The van der Waals surface area contributed by atoms with Crippen LogP contribution in [0.15, 0.2) is 24.3 Å². The van der Waals surface area contributed by atoms with Crippen LogP contribution in [0.2, 0.25) is 5.02 Å². The molecule has 5 rings (SSSR count). The lowest BCUT2D eigenvalue weighted by molar-refractivity contribution is -0.133. The summed E-state index contributed by atoms with van der Waals surface area (Å²) in [5, 5.41) is 8.12. The SMILES string of the molecule is Cc1nc([C@@]23CCN(C(=O)Cc4ccc(Cl)cc4)C[C@@H]2CN(C(=O)C2CC2)C3)n[nH]1. The highest BCUT2D eigenvalue weighted by molar-refractivity contribution is 6.30. The number of aryl methyl sites for hydroxylation is 1. The average Bonchev–Trinajstić information content (AvgIpc) is 3.37. The van der Waals surface area contributed by atoms with Gasteiger partial charge in [0, 0.05) is 43.0 Å². The van der Waals surface area contributed by atoms with Crippen molar-refractivity contribution in [2.75, 3.05) is 26.2 Å². The van der Waals surface area contributed by atoms with Crippen LogP contribution in [-0.4, -0.2) is 63.0 Å². The molecule has 158 valence electrons. The largest absolute Gasteiger partial charge is 0.342 e. The number of halogens is 1. The van der Waals surface area contributed by atoms with Crippen molar-refractivity contribution >= 4 is 23.4 Å². The fourth-order valence-corrected chi connectivity index (χ4v) is 5.11. The van der Waals surface area contributed by atoms with E-state index in [-0.39, 0.29) is 29.1 Å². The molecule has 1 saturated carbocycles. The first kappa shape index (κ1) is 19.5. The van der Waals surface area contributed by atoms with Gasteiger partial charge in [-0.05, 0) is 43.9 Å². The molecule has 8 heteroatoms. The van der Waals surface area contributed by atoms with Crippen molar-refractivity contribution in [1.29, 1.82) is 0 Å². The Bertz CT molecular complexity index is 970. The van der Waals surface area contributed by atoms with Crippen molar-refractivity contribution in [3.8, 4) is 0 Å². The molecule has 2 aromatic rings. The van der Waals surface area contributed by atoms with Gasteiger partial charge >= 0.3 is 0 Å². The highest BCUT2D eigenvalue weighted by atomic mass is 35.5. The smallest absolute Gasteiger partial charge is 0.227 e. The van der Waals surface area contributed by atoms with Crippen LogP contribution < -0.4 is 0 Å². The first-order valence-electron chi connectivity index (χ1n) is 10.6. The number of aromatic nitrogens is 3. The van der Waals surface area contributed by atoms with Crippen LogP contribution in [-0.2, 0) is 21.4 Å². The fraction of sp³-hybridized carbons (Fsp3) is 0.545. The molecule has 30 heavy (non-hydrogen) atoms. The summed E-state index contributed by atoms with van der Waals surface area (Å²) in [6.45, 7) is 4.52. The second kappa shape index (κ2) is 7.38. The zero-order chi connectivity index (χ0) is 20.9. The van der Waals surface area contributed by atoms with Gasteiger partial charge in [0.2, 0.25) is 11.8 Å². The lowest BCUT2D eigenvalue weighted by Gasteiger charge is -2.41. The Kier molecular flexibility index (Phi) is 4.81. The van der Waals surface area contributed by atoms with Crippen LogP contribution in [0.3, 0.4) is 0 Å². The van der Waals surface area contributed by atoms with Gasteiger partial charge in [0.15, 0.2) is 5.82 Å². The van der Waals surface area contributed by atoms with E-state index in [1.807, 2.05) is 41.0 Å². The van der Waals surface area contributed by atoms with E-state index in [0.717, 1.165) is 36.5 Å². The summed E-state index contributed by atoms with van der Waals surface area (Å²) < 4.78 is 0. The number of piperidine rings is 1. The number of H-pyrrole nitrogens is 1. The Morgan fingerprint density at radius 2 is 1.93 bits per heavy atom. The average molecular weight is 428 g/mol. The van der Waals surface area contributed by atoms with Crippen LogP contribution in [0, 0.1) is 18.8 Å². The van der Waals surface area contributed by atoms with Gasteiger partial charge in [-0.2, -0.15) is 5.10 Å². The molecule has 3 fully saturated rings. The predicted octanol–water partition coefficient (Wildman–Crippen LogP) is 2.35. The first-order valence-corrected chi connectivity index (χ1v) is 11.0. The number of benzene rings is 1. The quantitative estimate of drug-likeness (QED) is 0.811. The maximum atomic E-state index is 13.0. The number of aromatic amines is 1. The fourth-order valence-electron chi connectivity index (χ4n) is 4.98.